The molecule has 6 nitrogen and oxygen atoms in total. The Morgan fingerprint density at radius 1 is 1.21 bits per heavy atom. The Bertz CT molecular complexity index is 497. The highest BCUT2D eigenvalue weighted by atomic mass is 32.2. The van der Waals surface area contributed by atoms with Gasteiger partial charge in [-0.15, -0.1) is 0 Å². The normalized spacial score (nSPS) is 21.8. The van der Waals surface area contributed by atoms with E-state index in [1.807, 2.05) is 25.7 Å². The number of thioether (sulfide) groups is 1. The first kappa shape index (κ1) is 19.1. The van der Waals surface area contributed by atoms with Crippen molar-refractivity contribution in [3.05, 3.63) is 0 Å². The van der Waals surface area contributed by atoms with Crippen LogP contribution in [0.3, 0.4) is 0 Å². The molecule has 0 aromatic carbocycles. The minimum atomic E-state index is -0.461. The standard InChI is InChI=1S/C17H28N2O4S/c1-12(20)24-11-14-7-15(21)18(10-14)6-5-13-8-19(9-13)16(22)23-17(2,3)4/h13-14H,5-11H2,1-4H3. The van der Waals surface area contributed by atoms with Crippen LogP contribution in [0.1, 0.15) is 40.5 Å². The third-order valence-electron chi connectivity index (χ3n) is 4.23. The molecule has 1 atom stereocenters. The molecule has 0 N–H and O–H groups in total. The Balaban J connectivity index is 1.64. The van der Waals surface area contributed by atoms with Gasteiger partial charge < -0.3 is 14.5 Å². The number of carbonyl (C=O) groups is 3. The maximum absolute atomic E-state index is 12.0. The number of nitrogens with zero attached hydrogens (tertiary/aromatic N) is 2. The zero-order valence-electron chi connectivity index (χ0n) is 15.0. The Morgan fingerprint density at radius 3 is 2.46 bits per heavy atom. The SMILES string of the molecule is CC(=O)SCC1CC(=O)N(CCC2CN(C(=O)OC(C)(C)C)C2)C1. The van der Waals surface area contributed by atoms with Crippen LogP contribution < -0.4 is 0 Å². The summed E-state index contributed by atoms with van der Waals surface area (Å²) in [5.41, 5.74) is -0.461. The van der Waals surface area contributed by atoms with Gasteiger partial charge in [-0.25, -0.2) is 4.79 Å². The average Bonchev–Trinajstić information content (AvgIpc) is 2.73. The van der Waals surface area contributed by atoms with Crippen LogP contribution in [0.5, 0.6) is 0 Å². The monoisotopic (exact) mass is 356 g/mol. The Kier molecular flexibility index (Phi) is 6.17. The van der Waals surface area contributed by atoms with Crippen molar-refractivity contribution in [3.63, 3.8) is 0 Å². The summed E-state index contributed by atoms with van der Waals surface area (Å²) in [4.78, 5) is 38.5. The first-order chi connectivity index (χ1) is 11.1. The zero-order valence-corrected chi connectivity index (χ0v) is 15.9. The van der Waals surface area contributed by atoms with Gasteiger partial charge in [0.25, 0.3) is 0 Å². The van der Waals surface area contributed by atoms with Crippen molar-refractivity contribution in [1.29, 1.82) is 0 Å². The largest absolute Gasteiger partial charge is 0.444 e. The lowest BCUT2D eigenvalue weighted by Gasteiger charge is -2.40. The highest BCUT2D eigenvalue weighted by Crippen LogP contribution is 2.26. The summed E-state index contributed by atoms with van der Waals surface area (Å²) in [5.74, 6) is 1.64. The van der Waals surface area contributed by atoms with Gasteiger partial charge >= 0.3 is 6.09 Å². The second-order valence-electron chi connectivity index (χ2n) is 7.75. The van der Waals surface area contributed by atoms with Gasteiger partial charge in [-0.3, -0.25) is 9.59 Å². The highest BCUT2D eigenvalue weighted by Gasteiger charge is 2.35. The lowest BCUT2D eigenvalue weighted by molar-refractivity contribution is -0.128. The number of rotatable bonds is 5. The van der Waals surface area contributed by atoms with Gasteiger partial charge in [0.15, 0.2) is 5.12 Å². The lowest BCUT2D eigenvalue weighted by Crippen LogP contribution is -2.52. The predicted octanol–water partition coefficient (Wildman–Crippen LogP) is 2.37. The van der Waals surface area contributed by atoms with Crippen molar-refractivity contribution < 1.29 is 19.1 Å². The van der Waals surface area contributed by atoms with E-state index in [-0.39, 0.29) is 23.0 Å². The fourth-order valence-corrected chi connectivity index (χ4v) is 3.68. The van der Waals surface area contributed by atoms with Crippen LogP contribution in [-0.2, 0) is 14.3 Å². The number of hydrogen-bond donors (Lipinski definition) is 0. The molecule has 2 fully saturated rings. The molecule has 0 aliphatic carbocycles. The van der Waals surface area contributed by atoms with Crippen molar-refractivity contribution >= 4 is 28.9 Å². The molecule has 0 radical (unpaired) electrons. The number of amides is 2. The van der Waals surface area contributed by atoms with Gasteiger partial charge in [-0.1, -0.05) is 11.8 Å². The average molecular weight is 356 g/mol. The molecule has 0 spiro atoms. The van der Waals surface area contributed by atoms with E-state index in [1.165, 1.54) is 11.8 Å². The molecule has 2 aliphatic rings. The van der Waals surface area contributed by atoms with Crippen LogP contribution >= 0.6 is 11.8 Å². The minimum absolute atomic E-state index is 0.109. The minimum Gasteiger partial charge on any atom is -0.444 e. The van der Waals surface area contributed by atoms with Crippen molar-refractivity contribution in [2.45, 2.75) is 46.1 Å². The Labute approximate surface area is 148 Å². The molecule has 7 heteroatoms. The smallest absolute Gasteiger partial charge is 0.410 e. The van der Waals surface area contributed by atoms with Gasteiger partial charge in [0.2, 0.25) is 5.91 Å². The van der Waals surface area contributed by atoms with Crippen LogP contribution in [0, 0.1) is 11.8 Å². The quantitative estimate of drug-likeness (QED) is 0.756. The predicted molar refractivity (Wildman–Crippen MR) is 93.7 cm³/mol. The molecule has 2 amide bonds. The van der Waals surface area contributed by atoms with Gasteiger partial charge in [-0.05, 0) is 39.0 Å². The molecule has 24 heavy (non-hydrogen) atoms. The van der Waals surface area contributed by atoms with E-state index in [2.05, 4.69) is 0 Å². The first-order valence-corrected chi connectivity index (χ1v) is 9.51. The van der Waals surface area contributed by atoms with E-state index >= 15 is 0 Å². The van der Waals surface area contributed by atoms with E-state index in [0.29, 0.717) is 25.4 Å². The molecular weight excluding hydrogens is 328 g/mol. The molecule has 0 bridgehead atoms. The third-order valence-corrected chi connectivity index (χ3v) is 5.28. The second-order valence-corrected chi connectivity index (χ2v) is 8.95. The molecule has 1 unspecified atom stereocenters. The van der Waals surface area contributed by atoms with Crippen molar-refractivity contribution in [1.82, 2.24) is 9.80 Å². The maximum Gasteiger partial charge on any atom is 0.410 e. The third kappa shape index (κ3) is 5.69. The van der Waals surface area contributed by atoms with Crippen LogP contribution in [0.25, 0.3) is 0 Å². The fourth-order valence-electron chi connectivity index (χ4n) is 2.98. The van der Waals surface area contributed by atoms with Gasteiger partial charge in [-0.2, -0.15) is 0 Å². The summed E-state index contributed by atoms with van der Waals surface area (Å²) >= 11 is 1.30. The topological polar surface area (TPSA) is 66.9 Å². The second kappa shape index (κ2) is 7.76. The lowest BCUT2D eigenvalue weighted by atomic mass is 9.97. The van der Waals surface area contributed by atoms with E-state index in [4.69, 9.17) is 4.74 Å². The van der Waals surface area contributed by atoms with Crippen molar-refractivity contribution in [2.24, 2.45) is 11.8 Å². The number of carbonyl (C=O) groups excluding carboxylic acids is 3. The van der Waals surface area contributed by atoms with Gasteiger partial charge in [0, 0.05) is 45.3 Å². The van der Waals surface area contributed by atoms with E-state index in [9.17, 15) is 14.4 Å². The van der Waals surface area contributed by atoms with E-state index < -0.39 is 5.60 Å². The molecule has 2 heterocycles. The van der Waals surface area contributed by atoms with Crippen LogP contribution in [0.4, 0.5) is 4.79 Å². The summed E-state index contributed by atoms with van der Waals surface area (Å²) in [7, 11) is 0. The number of likely N-dealkylation sites (tertiary alicyclic amines) is 2. The van der Waals surface area contributed by atoms with Crippen LogP contribution in [0.15, 0.2) is 0 Å². The number of ether oxygens (including phenoxy) is 1. The molecule has 2 saturated heterocycles. The summed E-state index contributed by atoms with van der Waals surface area (Å²) in [6, 6.07) is 0. The van der Waals surface area contributed by atoms with E-state index in [1.54, 1.807) is 11.8 Å². The fraction of sp³-hybridized carbons (Fsp3) is 0.824. The molecule has 0 aromatic heterocycles. The highest BCUT2D eigenvalue weighted by molar-refractivity contribution is 8.13. The van der Waals surface area contributed by atoms with Crippen LogP contribution in [-0.4, -0.2) is 64.4 Å². The molecule has 136 valence electrons. The van der Waals surface area contributed by atoms with Crippen LogP contribution in [0.2, 0.25) is 0 Å². The summed E-state index contributed by atoms with van der Waals surface area (Å²) < 4.78 is 5.34. The summed E-state index contributed by atoms with van der Waals surface area (Å²) in [6.07, 6.45) is 1.21. The van der Waals surface area contributed by atoms with Gasteiger partial charge in [0.1, 0.15) is 5.60 Å². The van der Waals surface area contributed by atoms with Crippen molar-refractivity contribution in [2.75, 3.05) is 31.9 Å². The Hall–Kier alpha value is -1.24. The summed E-state index contributed by atoms with van der Waals surface area (Å²) in [5, 5.41) is 0.109. The van der Waals surface area contributed by atoms with Crippen molar-refractivity contribution in [3.8, 4) is 0 Å². The molecule has 0 saturated carbocycles. The molecular formula is C17H28N2O4S. The molecule has 2 aliphatic heterocycles. The number of hydrogen-bond acceptors (Lipinski definition) is 5. The molecule has 2 rings (SSSR count). The van der Waals surface area contributed by atoms with Gasteiger partial charge in [0.05, 0.1) is 0 Å². The summed E-state index contributed by atoms with van der Waals surface area (Å²) in [6.45, 7) is 10.1. The first-order valence-electron chi connectivity index (χ1n) is 8.53. The Morgan fingerprint density at radius 2 is 1.88 bits per heavy atom. The maximum atomic E-state index is 12.0. The van der Waals surface area contributed by atoms with E-state index in [0.717, 1.165) is 25.3 Å². The molecule has 0 aromatic rings. The zero-order chi connectivity index (χ0) is 17.9.